The Labute approximate surface area is 154 Å². The van der Waals surface area contributed by atoms with Crippen LogP contribution in [-0.2, 0) is 4.74 Å². The van der Waals surface area contributed by atoms with Crippen LogP contribution in [0.5, 0.6) is 5.88 Å². The molecule has 1 aromatic rings. The first-order valence-electron chi connectivity index (χ1n) is 9.36. The molecular formula is C18H29N5O3. The van der Waals surface area contributed by atoms with Gasteiger partial charge in [0.15, 0.2) is 5.82 Å². The molecule has 0 saturated carbocycles. The summed E-state index contributed by atoms with van der Waals surface area (Å²) in [6.45, 7) is 3.96. The molecule has 0 bridgehead atoms. The van der Waals surface area contributed by atoms with E-state index < -0.39 is 0 Å². The molecule has 1 aromatic heterocycles. The van der Waals surface area contributed by atoms with E-state index in [4.69, 9.17) is 9.47 Å². The molecule has 3 rings (SSSR count). The molecule has 2 saturated heterocycles. The molecule has 3 heterocycles. The normalized spacial score (nSPS) is 19.2. The number of methoxy groups -OCH3 is 1. The molecule has 2 aliphatic heterocycles. The number of likely N-dealkylation sites (tertiary alicyclic amines) is 1. The van der Waals surface area contributed by atoms with Crippen LogP contribution in [0, 0.1) is 5.92 Å². The van der Waals surface area contributed by atoms with Gasteiger partial charge in [0.05, 0.1) is 7.11 Å². The Hall–Kier alpha value is -2.09. The van der Waals surface area contributed by atoms with E-state index in [1.165, 1.54) is 0 Å². The lowest BCUT2D eigenvalue weighted by Crippen LogP contribution is -2.49. The number of carbonyl (C=O) groups is 1. The van der Waals surface area contributed by atoms with Crippen LogP contribution in [0.1, 0.15) is 25.7 Å². The summed E-state index contributed by atoms with van der Waals surface area (Å²) < 4.78 is 10.6. The maximum absolute atomic E-state index is 12.4. The Balaban J connectivity index is 1.45. The zero-order valence-electron chi connectivity index (χ0n) is 15.7. The fourth-order valence-corrected chi connectivity index (χ4v) is 3.62. The van der Waals surface area contributed by atoms with Gasteiger partial charge in [0, 0.05) is 58.3 Å². The number of hydrogen-bond acceptors (Lipinski definition) is 6. The van der Waals surface area contributed by atoms with Crippen LogP contribution in [0.4, 0.5) is 10.6 Å². The zero-order chi connectivity index (χ0) is 18.4. The average Bonchev–Trinajstić information content (AvgIpc) is 2.69. The van der Waals surface area contributed by atoms with Crippen molar-refractivity contribution >= 4 is 11.8 Å². The summed E-state index contributed by atoms with van der Waals surface area (Å²) in [5.41, 5.74) is 0. The van der Waals surface area contributed by atoms with E-state index in [0.717, 1.165) is 64.3 Å². The van der Waals surface area contributed by atoms with Gasteiger partial charge < -0.3 is 24.6 Å². The highest BCUT2D eigenvalue weighted by Crippen LogP contribution is 2.25. The summed E-state index contributed by atoms with van der Waals surface area (Å²) in [5, 5.41) is 3.15. The van der Waals surface area contributed by atoms with Gasteiger partial charge in [-0.15, -0.1) is 0 Å². The van der Waals surface area contributed by atoms with Gasteiger partial charge in [-0.2, -0.15) is 0 Å². The number of anilines is 1. The van der Waals surface area contributed by atoms with Crippen LogP contribution in [0.15, 0.2) is 12.4 Å². The van der Waals surface area contributed by atoms with Gasteiger partial charge in [0.2, 0.25) is 0 Å². The number of piperidine rings is 1. The first-order valence-corrected chi connectivity index (χ1v) is 9.36. The first kappa shape index (κ1) is 18.7. The fourth-order valence-electron chi connectivity index (χ4n) is 3.62. The number of amides is 2. The second-order valence-corrected chi connectivity index (χ2v) is 7.04. The Morgan fingerprint density at radius 3 is 2.65 bits per heavy atom. The summed E-state index contributed by atoms with van der Waals surface area (Å²) in [4.78, 5) is 25.0. The lowest BCUT2D eigenvalue weighted by atomic mass is 9.96. The van der Waals surface area contributed by atoms with Crippen LogP contribution in [0.25, 0.3) is 0 Å². The Morgan fingerprint density at radius 1 is 1.27 bits per heavy atom. The number of aromatic nitrogens is 2. The Kier molecular flexibility index (Phi) is 6.49. The molecule has 0 radical (unpaired) electrons. The van der Waals surface area contributed by atoms with Crippen LogP contribution in [0.2, 0.25) is 0 Å². The van der Waals surface area contributed by atoms with Crippen LogP contribution >= 0.6 is 0 Å². The molecule has 144 valence electrons. The van der Waals surface area contributed by atoms with Gasteiger partial charge >= 0.3 is 6.03 Å². The highest BCUT2D eigenvalue weighted by atomic mass is 16.5. The molecule has 8 heteroatoms. The van der Waals surface area contributed by atoms with Crippen LogP contribution in [-0.4, -0.2) is 73.9 Å². The fraction of sp³-hybridized carbons (Fsp3) is 0.722. The van der Waals surface area contributed by atoms with E-state index >= 15 is 0 Å². The Morgan fingerprint density at radius 2 is 1.96 bits per heavy atom. The van der Waals surface area contributed by atoms with Crippen molar-refractivity contribution < 1.29 is 14.3 Å². The Bertz CT molecular complexity index is 586. The maximum Gasteiger partial charge on any atom is 0.317 e. The van der Waals surface area contributed by atoms with Crippen molar-refractivity contribution in [2.75, 3.05) is 51.9 Å². The van der Waals surface area contributed by atoms with Gasteiger partial charge in [-0.25, -0.2) is 14.8 Å². The van der Waals surface area contributed by atoms with Crippen molar-refractivity contribution in [1.29, 1.82) is 0 Å². The van der Waals surface area contributed by atoms with E-state index in [9.17, 15) is 4.79 Å². The second-order valence-electron chi connectivity index (χ2n) is 7.04. The van der Waals surface area contributed by atoms with Gasteiger partial charge in [-0.1, -0.05) is 0 Å². The molecular weight excluding hydrogens is 334 g/mol. The number of ether oxygens (including phenoxy) is 2. The topological polar surface area (TPSA) is 79.8 Å². The van der Waals surface area contributed by atoms with Crippen LogP contribution in [0.3, 0.4) is 0 Å². The van der Waals surface area contributed by atoms with E-state index in [2.05, 4.69) is 20.2 Å². The summed E-state index contributed by atoms with van der Waals surface area (Å²) in [5.74, 6) is 1.83. The molecule has 2 amide bonds. The van der Waals surface area contributed by atoms with Crippen molar-refractivity contribution in [2.24, 2.45) is 5.92 Å². The lowest BCUT2D eigenvalue weighted by Gasteiger charge is -2.35. The summed E-state index contributed by atoms with van der Waals surface area (Å²) in [7, 11) is 3.62. The highest BCUT2D eigenvalue weighted by Gasteiger charge is 2.26. The number of nitrogens with zero attached hydrogens (tertiary/aromatic N) is 4. The van der Waals surface area contributed by atoms with Crippen molar-refractivity contribution in [3.05, 3.63) is 12.4 Å². The van der Waals surface area contributed by atoms with Crippen molar-refractivity contribution in [3.8, 4) is 5.88 Å². The number of hydrogen-bond donors (Lipinski definition) is 1. The largest absolute Gasteiger partial charge is 0.478 e. The predicted molar refractivity (Wildman–Crippen MR) is 98.5 cm³/mol. The molecule has 0 aromatic carbocycles. The number of nitrogens with one attached hydrogen (secondary N) is 1. The SMILES string of the molecule is COc1nccnc1N(C)CC1CCN(C(=O)NC2CCOCC2)CC1. The molecule has 2 aliphatic rings. The third kappa shape index (κ3) is 4.75. The molecule has 8 nitrogen and oxygen atoms in total. The van der Waals surface area contributed by atoms with Crippen molar-refractivity contribution in [1.82, 2.24) is 20.2 Å². The lowest BCUT2D eigenvalue weighted by molar-refractivity contribution is 0.0772. The van der Waals surface area contributed by atoms with E-state index in [-0.39, 0.29) is 12.1 Å². The minimum Gasteiger partial charge on any atom is -0.478 e. The van der Waals surface area contributed by atoms with Crippen molar-refractivity contribution in [3.63, 3.8) is 0 Å². The summed E-state index contributed by atoms with van der Waals surface area (Å²) in [6.07, 6.45) is 7.12. The molecule has 0 atom stereocenters. The van der Waals surface area contributed by atoms with E-state index in [1.54, 1.807) is 19.5 Å². The number of rotatable bonds is 5. The average molecular weight is 363 g/mol. The van der Waals surface area contributed by atoms with Crippen molar-refractivity contribution in [2.45, 2.75) is 31.7 Å². The van der Waals surface area contributed by atoms with Gasteiger partial charge in [0.25, 0.3) is 5.88 Å². The van der Waals surface area contributed by atoms with Gasteiger partial charge in [-0.05, 0) is 31.6 Å². The smallest absolute Gasteiger partial charge is 0.317 e. The van der Waals surface area contributed by atoms with E-state index in [0.29, 0.717) is 11.8 Å². The molecule has 0 aliphatic carbocycles. The van der Waals surface area contributed by atoms with Crippen LogP contribution < -0.4 is 15.0 Å². The van der Waals surface area contributed by atoms with Gasteiger partial charge in [-0.3, -0.25) is 0 Å². The monoisotopic (exact) mass is 363 g/mol. The third-order valence-corrected chi connectivity index (χ3v) is 5.18. The third-order valence-electron chi connectivity index (χ3n) is 5.18. The minimum atomic E-state index is 0.0688. The first-order chi connectivity index (χ1) is 12.7. The quantitative estimate of drug-likeness (QED) is 0.854. The summed E-state index contributed by atoms with van der Waals surface area (Å²) in [6, 6.07) is 0.323. The van der Waals surface area contributed by atoms with Gasteiger partial charge in [0.1, 0.15) is 0 Å². The minimum absolute atomic E-state index is 0.0688. The summed E-state index contributed by atoms with van der Waals surface area (Å²) >= 11 is 0. The second kappa shape index (κ2) is 9.02. The molecule has 26 heavy (non-hydrogen) atoms. The highest BCUT2D eigenvalue weighted by molar-refractivity contribution is 5.74. The molecule has 0 unspecified atom stereocenters. The molecule has 2 fully saturated rings. The van der Waals surface area contributed by atoms with E-state index in [1.807, 2.05) is 11.9 Å². The number of carbonyl (C=O) groups excluding carboxylic acids is 1. The zero-order valence-corrected chi connectivity index (χ0v) is 15.7. The standard InChI is InChI=1S/C18H29N5O3/c1-22(16-17(25-2)20-8-7-19-16)13-14-3-9-23(10-4-14)18(24)21-15-5-11-26-12-6-15/h7-8,14-15H,3-6,9-13H2,1-2H3,(H,21,24). The predicted octanol–water partition coefficient (Wildman–Crippen LogP) is 1.52. The molecule has 0 spiro atoms. The molecule has 1 N–H and O–H groups in total. The number of urea groups is 1. The maximum atomic E-state index is 12.4.